The number of benzene rings is 1. The van der Waals surface area contributed by atoms with Crippen molar-refractivity contribution >= 4 is 17.8 Å². The van der Waals surface area contributed by atoms with E-state index in [0.717, 1.165) is 7.11 Å². The van der Waals surface area contributed by atoms with E-state index in [2.05, 4.69) is 14.5 Å². The molecule has 108 valence electrons. The van der Waals surface area contributed by atoms with Crippen molar-refractivity contribution < 1.29 is 32.2 Å². The molecule has 0 aliphatic heterocycles. The predicted molar refractivity (Wildman–Crippen MR) is 62.1 cm³/mol. The zero-order valence-corrected chi connectivity index (χ0v) is 10.3. The maximum Gasteiger partial charge on any atom is 0.440 e. The maximum absolute atomic E-state index is 12.4. The second-order valence-electron chi connectivity index (χ2n) is 3.49. The molecule has 0 fully saturated rings. The Morgan fingerprint density at radius 2 is 1.80 bits per heavy atom. The van der Waals surface area contributed by atoms with E-state index < -0.39 is 24.0 Å². The molecule has 1 aromatic carbocycles. The Hall–Kier alpha value is -2.38. The van der Waals surface area contributed by atoms with Crippen molar-refractivity contribution in [1.82, 2.24) is 0 Å². The van der Waals surface area contributed by atoms with Crippen LogP contribution in [0.2, 0.25) is 0 Å². The van der Waals surface area contributed by atoms with Gasteiger partial charge in [0.05, 0.1) is 7.11 Å². The first kappa shape index (κ1) is 15.7. The van der Waals surface area contributed by atoms with Gasteiger partial charge < -0.3 is 9.47 Å². The molecule has 8 heteroatoms. The van der Waals surface area contributed by atoms with Gasteiger partial charge in [0.1, 0.15) is 6.61 Å². The molecule has 1 rings (SSSR count). The molecule has 0 aliphatic carbocycles. The predicted octanol–water partition coefficient (Wildman–Crippen LogP) is 2.50. The van der Waals surface area contributed by atoms with Crippen LogP contribution in [0.15, 0.2) is 35.3 Å². The van der Waals surface area contributed by atoms with E-state index in [1.54, 1.807) is 30.3 Å². The topological polar surface area (TPSA) is 65.0 Å². The molecule has 0 saturated heterocycles. The number of rotatable bonds is 3. The summed E-state index contributed by atoms with van der Waals surface area (Å²) in [5, 5.41) is 0. The standard InChI is InChI=1S/C12H10F3NO4/c1-19-10(17)9(12(13,14)15)16-11(18)20-7-8-5-3-2-4-6-8/h2-6H,7H2,1H3/b16-9+. The molecule has 0 heterocycles. The van der Waals surface area contributed by atoms with Crippen LogP contribution >= 0.6 is 0 Å². The smallest absolute Gasteiger partial charge is 0.440 e. The fraction of sp³-hybridized carbons (Fsp3) is 0.250. The highest BCUT2D eigenvalue weighted by Gasteiger charge is 2.42. The van der Waals surface area contributed by atoms with Crippen molar-refractivity contribution in [2.75, 3.05) is 7.11 Å². The van der Waals surface area contributed by atoms with Crippen LogP contribution in [0.4, 0.5) is 18.0 Å². The number of hydrogen-bond donors (Lipinski definition) is 0. The van der Waals surface area contributed by atoms with Crippen LogP contribution in [-0.2, 0) is 20.9 Å². The Kier molecular flexibility index (Phi) is 5.24. The Morgan fingerprint density at radius 1 is 1.20 bits per heavy atom. The van der Waals surface area contributed by atoms with Gasteiger partial charge in [-0.05, 0) is 5.56 Å². The number of amides is 1. The SMILES string of the molecule is COC(=O)/C(=N\C(=O)OCc1ccccc1)C(F)(F)F. The molecule has 1 amide bonds. The van der Waals surface area contributed by atoms with Gasteiger partial charge in [-0.25, -0.2) is 9.59 Å². The summed E-state index contributed by atoms with van der Waals surface area (Å²) >= 11 is 0. The number of hydrogen-bond acceptors (Lipinski definition) is 4. The Morgan fingerprint density at radius 3 is 2.30 bits per heavy atom. The van der Waals surface area contributed by atoms with Gasteiger partial charge in [-0.15, -0.1) is 0 Å². The van der Waals surface area contributed by atoms with Crippen LogP contribution in [-0.4, -0.2) is 31.1 Å². The van der Waals surface area contributed by atoms with Gasteiger partial charge in [-0.1, -0.05) is 30.3 Å². The number of halogens is 3. The molecule has 0 spiro atoms. The Labute approximate surface area is 112 Å². The Balaban J connectivity index is 2.74. The summed E-state index contributed by atoms with van der Waals surface area (Å²) in [6.07, 6.45) is -6.62. The van der Waals surface area contributed by atoms with Gasteiger partial charge in [0.15, 0.2) is 0 Å². The zero-order valence-electron chi connectivity index (χ0n) is 10.3. The van der Waals surface area contributed by atoms with Gasteiger partial charge >= 0.3 is 18.2 Å². The zero-order chi connectivity index (χ0) is 15.2. The molecule has 0 aliphatic rings. The number of carbonyl (C=O) groups excluding carboxylic acids is 2. The van der Waals surface area contributed by atoms with E-state index in [9.17, 15) is 22.8 Å². The van der Waals surface area contributed by atoms with Crippen molar-refractivity contribution in [1.29, 1.82) is 0 Å². The molecular weight excluding hydrogens is 279 g/mol. The van der Waals surface area contributed by atoms with Crippen LogP contribution in [0.25, 0.3) is 0 Å². The summed E-state index contributed by atoms with van der Waals surface area (Å²) < 4.78 is 45.7. The lowest BCUT2D eigenvalue weighted by Gasteiger charge is -2.08. The molecule has 0 saturated carbocycles. The van der Waals surface area contributed by atoms with Gasteiger partial charge in [0.2, 0.25) is 5.71 Å². The highest BCUT2D eigenvalue weighted by atomic mass is 19.4. The molecule has 5 nitrogen and oxygen atoms in total. The number of carbonyl (C=O) groups is 2. The number of aliphatic imine (C=N–C) groups is 1. The van der Waals surface area contributed by atoms with Gasteiger partial charge in [-0.2, -0.15) is 18.2 Å². The molecule has 20 heavy (non-hydrogen) atoms. The van der Waals surface area contributed by atoms with Crippen molar-refractivity contribution in [2.45, 2.75) is 12.8 Å². The van der Waals surface area contributed by atoms with E-state index in [1.807, 2.05) is 0 Å². The molecule has 0 atom stereocenters. The van der Waals surface area contributed by atoms with Gasteiger partial charge in [0.25, 0.3) is 0 Å². The third-order valence-electron chi connectivity index (χ3n) is 2.06. The summed E-state index contributed by atoms with van der Waals surface area (Å²) in [7, 11) is 0.749. The minimum atomic E-state index is -5.10. The van der Waals surface area contributed by atoms with Crippen molar-refractivity contribution in [2.24, 2.45) is 4.99 Å². The van der Waals surface area contributed by atoms with E-state index in [4.69, 9.17) is 0 Å². The van der Waals surface area contributed by atoms with Crippen LogP contribution in [0.3, 0.4) is 0 Å². The quantitative estimate of drug-likeness (QED) is 0.633. The molecule has 0 aromatic heterocycles. The maximum atomic E-state index is 12.4. The lowest BCUT2D eigenvalue weighted by molar-refractivity contribution is -0.137. The molecule has 1 aromatic rings. The summed E-state index contributed by atoms with van der Waals surface area (Å²) in [5.74, 6) is -1.76. The molecule has 0 radical (unpaired) electrons. The highest BCUT2D eigenvalue weighted by Crippen LogP contribution is 2.18. The fourth-order valence-electron chi connectivity index (χ4n) is 1.16. The molecular formula is C12H10F3NO4. The number of nitrogens with zero attached hydrogens (tertiary/aromatic N) is 1. The second-order valence-corrected chi connectivity index (χ2v) is 3.49. The summed E-state index contributed by atoms with van der Waals surface area (Å²) in [4.78, 5) is 24.7. The first-order valence-electron chi connectivity index (χ1n) is 5.29. The second kappa shape index (κ2) is 6.69. The van der Waals surface area contributed by atoms with Gasteiger partial charge in [-0.3, -0.25) is 0 Å². The largest absolute Gasteiger partial charge is 0.464 e. The monoisotopic (exact) mass is 289 g/mol. The molecule has 0 bridgehead atoms. The summed E-state index contributed by atoms with van der Waals surface area (Å²) in [6.45, 7) is -0.254. The number of ether oxygens (including phenoxy) is 2. The average molecular weight is 289 g/mol. The van der Waals surface area contributed by atoms with E-state index in [1.165, 1.54) is 0 Å². The third kappa shape index (κ3) is 4.71. The number of alkyl halides is 3. The van der Waals surface area contributed by atoms with Crippen LogP contribution < -0.4 is 0 Å². The third-order valence-corrected chi connectivity index (χ3v) is 2.06. The number of methoxy groups -OCH3 is 1. The van der Waals surface area contributed by atoms with Gasteiger partial charge in [0, 0.05) is 0 Å². The number of esters is 1. The summed E-state index contributed by atoms with van der Waals surface area (Å²) in [5.41, 5.74) is -1.39. The van der Waals surface area contributed by atoms with Crippen LogP contribution in [0.5, 0.6) is 0 Å². The van der Waals surface area contributed by atoms with E-state index in [-0.39, 0.29) is 6.61 Å². The molecule has 0 N–H and O–H groups in total. The lowest BCUT2D eigenvalue weighted by atomic mass is 10.2. The first-order chi connectivity index (χ1) is 9.34. The minimum absolute atomic E-state index is 0.254. The van der Waals surface area contributed by atoms with Crippen molar-refractivity contribution in [3.8, 4) is 0 Å². The average Bonchev–Trinajstić information content (AvgIpc) is 2.41. The van der Waals surface area contributed by atoms with Crippen LogP contribution in [0.1, 0.15) is 5.56 Å². The minimum Gasteiger partial charge on any atom is -0.464 e. The lowest BCUT2D eigenvalue weighted by Crippen LogP contribution is -2.33. The highest BCUT2D eigenvalue weighted by molar-refractivity contribution is 6.40. The van der Waals surface area contributed by atoms with Crippen LogP contribution in [0, 0.1) is 0 Å². The van der Waals surface area contributed by atoms with Crippen molar-refractivity contribution in [3.63, 3.8) is 0 Å². The fourth-order valence-corrected chi connectivity index (χ4v) is 1.16. The first-order valence-corrected chi connectivity index (χ1v) is 5.29. The van der Waals surface area contributed by atoms with Crippen molar-refractivity contribution in [3.05, 3.63) is 35.9 Å². The summed E-state index contributed by atoms with van der Waals surface area (Å²) in [6, 6.07) is 8.29. The normalized spacial score (nSPS) is 11.9. The van der Waals surface area contributed by atoms with E-state index in [0.29, 0.717) is 5.56 Å². The molecule has 0 unspecified atom stereocenters. The van der Waals surface area contributed by atoms with E-state index >= 15 is 0 Å². The Bertz CT molecular complexity index is 511.